The lowest BCUT2D eigenvalue weighted by atomic mass is 10.2. The lowest BCUT2D eigenvalue weighted by Crippen LogP contribution is -2.35. The number of hydrogen-bond acceptors (Lipinski definition) is 4. The Balaban J connectivity index is 1.90. The summed E-state index contributed by atoms with van der Waals surface area (Å²) < 4.78 is 28.4. The maximum Gasteiger partial charge on any atom is 0.255 e. The zero-order chi connectivity index (χ0) is 17.9. The van der Waals surface area contributed by atoms with E-state index in [1.807, 2.05) is 13.8 Å². The molecule has 0 unspecified atom stereocenters. The first-order valence-electron chi connectivity index (χ1n) is 7.57. The summed E-state index contributed by atoms with van der Waals surface area (Å²) in [6.45, 7) is 5.77. The second-order valence-electron chi connectivity index (χ2n) is 5.64. The third kappa shape index (κ3) is 4.01. The molecule has 0 spiro atoms. The summed E-state index contributed by atoms with van der Waals surface area (Å²) in [5.41, 5.74) is 2.93. The molecule has 0 aliphatic carbocycles. The van der Waals surface area contributed by atoms with Crippen LogP contribution in [0.4, 0.5) is 0 Å². The minimum Gasteiger partial charge on any atom is -0.351 e. The van der Waals surface area contributed by atoms with Gasteiger partial charge in [0.2, 0.25) is 10.0 Å². The Bertz CT molecular complexity index is 839. The standard InChI is InChI=1S/C16H22N4O3S/c1-11-5-7-14(8-6-11)24(22,23)18-10-9-17-16(21)15-12(2)19-20(4)13(15)3/h5-8,18H,9-10H2,1-4H3,(H,17,21). The van der Waals surface area contributed by atoms with Crippen LogP contribution < -0.4 is 10.0 Å². The van der Waals surface area contributed by atoms with Crippen LogP contribution in [-0.2, 0) is 17.1 Å². The summed E-state index contributed by atoms with van der Waals surface area (Å²) in [5.74, 6) is -0.257. The number of benzene rings is 1. The number of nitrogens with one attached hydrogen (secondary N) is 2. The maximum atomic E-state index is 12.2. The summed E-state index contributed by atoms with van der Waals surface area (Å²) in [4.78, 5) is 12.4. The number of carbonyl (C=O) groups excluding carboxylic acids is 1. The molecule has 0 saturated carbocycles. The van der Waals surface area contributed by atoms with Crippen LogP contribution in [0.1, 0.15) is 27.3 Å². The highest BCUT2D eigenvalue weighted by molar-refractivity contribution is 7.89. The summed E-state index contributed by atoms with van der Waals surface area (Å²) in [7, 11) is -1.80. The Kier molecular flexibility index (Phi) is 5.40. The van der Waals surface area contributed by atoms with E-state index in [1.54, 1.807) is 42.9 Å². The topological polar surface area (TPSA) is 93.1 Å². The van der Waals surface area contributed by atoms with Gasteiger partial charge in [-0.15, -0.1) is 0 Å². The molecular formula is C16H22N4O3S. The Morgan fingerprint density at radius 2 is 1.75 bits per heavy atom. The average molecular weight is 350 g/mol. The van der Waals surface area contributed by atoms with E-state index in [1.165, 1.54) is 0 Å². The van der Waals surface area contributed by atoms with Gasteiger partial charge in [-0.25, -0.2) is 13.1 Å². The van der Waals surface area contributed by atoms with Crippen LogP contribution in [0.15, 0.2) is 29.2 Å². The van der Waals surface area contributed by atoms with Crippen molar-refractivity contribution in [2.24, 2.45) is 7.05 Å². The van der Waals surface area contributed by atoms with Gasteiger partial charge in [-0.2, -0.15) is 5.10 Å². The Morgan fingerprint density at radius 3 is 2.29 bits per heavy atom. The molecule has 0 atom stereocenters. The fraction of sp³-hybridized carbons (Fsp3) is 0.375. The normalized spacial score (nSPS) is 11.5. The Morgan fingerprint density at radius 1 is 1.12 bits per heavy atom. The van der Waals surface area contributed by atoms with Crippen molar-refractivity contribution in [3.05, 3.63) is 46.8 Å². The van der Waals surface area contributed by atoms with Crippen molar-refractivity contribution >= 4 is 15.9 Å². The van der Waals surface area contributed by atoms with E-state index >= 15 is 0 Å². The minimum atomic E-state index is -3.57. The fourth-order valence-corrected chi connectivity index (χ4v) is 3.38. The van der Waals surface area contributed by atoms with Crippen LogP contribution in [0.3, 0.4) is 0 Å². The number of carbonyl (C=O) groups is 1. The Hall–Kier alpha value is -2.19. The fourth-order valence-electron chi connectivity index (χ4n) is 2.35. The number of aryl methyl sites for hydroxylation is 3. The molecule has 1 amide bonds. The molecule has 0 saturated heterocycles. The molecule has 0 fully saturated rings. The molecule has 1 aromatic heterocycles. The quantitative estimate of drug-likeness (QED) is 0.762. The number of sulfonamides is 1. The van der Waals surface area contributed by atoms with Gasteiger partial charge in [0.25, 0.3) is 5.91 Å². The molecule has 0 aliphatic rings. The first-order chi connectivity index (χ1) is 11.2. The summed E-state index contributed by atoms with van der Waals surface area (Å²) in [5, 5.41) is 6.90. The minimum absolute atomic E-state index is 0.111. The third-order valence-electron chi connectivity index (χ3n) is 3.77. The van der Waals surface area contributed by atoms with E-state index in [-0.39, 0.29) is 23.9 Å². The summed E-state index contributed by atoms with van der Waals surface area (Å²) in [6, 6.07) is 6.59. The predicted molar refractivity (Wildman–Crippen MR) is 91.4 cm³/mol. The van der Waals surface area contributed by atoms with Gasteiger partial charge in [0.1, 0.15) is 0 Å². The molecule has 1 aromatic carbocycles. The second-order valence-corrected chi connectivity index (χ2v) is 7.40. The number of aromatic nitrogens is 2. The van der Waals surface area contributed by atoms with Crippen LogP contribution in [0.25, 0.3) is 0 Å². The van der Waals surface area contributed by atoms with Crippen molar-refractivity contribution in [1.82, 2.24) is 19.8 Å². The van der Waals surface area contributed by atoms with Crippen LogP contribution in [-0.4, -0.2) is 37.2 Å². The van der Waals surface area contributed by atoms with Crippen molar-refractivity contribution in [3.63, 3.8) is 0 Å². The number of nitrogens with zero attached hydrogens (tertiary/aromatic N) is 2. The molecule has 0 radical (unpaired) electrons. The third-order valence-corrected chi connectivity index (χ3v) is 5.25. The van der Waals surface area contributed by atoms with Gasteiger partial charge in [-0.05, 0) is 32.9 Å². The summed E-state index contributed by atoms with van der Waals surface area (Å²) in [6.07, 6.45) is 0. The number of amides is 1. The monoisotopic (exact) mass is 350 g/mol. The molecule has 1 heterocycles. The first-order valence-corrected chi connectivity index (χ1v) is 9.05. The average Bonchev–Trinajstić information content (AvgIpc) is 2.77. The van der Waals surface area contributed by atoms with Gasteiger partial charge >= 0.3 is 0 Å². The molecule has 0 aliphatic heterocycles. The summed E-state index contributed by atoms with van der Waals surface area (Å²) >= 11 is 0. The molecule has 8 heteroatoms. The number of rotatable bonds is 6. The molecule has 7 nitrogen and oxygen atoms in total. The molecule has 2 N–H and O–H groups in total. The van der Waals surface area contributed by atoms with E-state index in [0.29, 0.717) is 11.3 Å². The molecular weight excluding hydrogens is 328 g/mol. The highest BCUT2D eigenvalue weighted by Gasteiger charge is 2.17. The molecule has 130 valence electrons. The van der Waals surface area contributed by atoms with Crippen LogP contribution in [0.5, 0.6) is 0 Å². The molecule has 0 bridgehead atoms. The molecule has 2 rings (SSSR count). The predicted octanol–water partition coefficient (Wildman–Crippen LogP) is 1.05. The molecule has 2 aromatic rings. The van der Waals surface area contributed by atoms with E-state index in [0.717, 1.165) is 11.3 Å². The van der Waals surface area contributed by atoms with Gasteiger partial charge in [0, 0.05) is 25.8 Å². The second kappa shape index (κ2) is 7.14. The van der Waals surface area contributed by atoms with Gasteiger partial charge in [0.15, 0.2) is 0 Å². The van der Waals surface area contributed by atoms with E-state index in [9.17, 15) is 13.2 Å². The van der Waals surface area contributed by atoms with Crippen molar-refractivity contribution in [2.75, 3.05) is 13.1 Å². The lowest BCUT2D eigenvalue weighted by molar-refractivity contribution is 0.0953. The first kappa shape index (κ1) is 18.2. The van der Waals surface area contributed by atoms with Crippen molar-refractivity contribution in [1.29, 1.82) is 0 Å². The van der Waals surface area contributed by atoms with Gasteiger partial charge in [-0.1, -0.05) is 17.7 Å². The highest BCUT2D eigenvalue weighted by Crippen LogP contribution is 2.11. The van der Waals surface area contributed by atoms with Gasteiger partial charge in [0.05, 0.1) is 16.2 Å². The van der Waals surface area contributed by atoms with Crippen molar-refractivity contribution in [2.45, 2.75) is 25.7 Å². The van der Waals surface area contributed by atoms with Gasteiger partial charge in [-0.3, -0.25) is 9.48 Å². The van der Waals surface area contributed by atoms with Crippen LogP contribution in [0.2, 0.25) is 0 Å². The van der Waals surface area contributed by atoms with E-state index in [4.69, 9.17) is 0 Å². The number of hydrogen-bond donors (Lipinski definition) is 2. The van der Waals surface area contributed by atoms with E-state index in [2.05, 4.69) is 15.1 Å². The molecule has 24 heavy (non-hydrogen) atoms. The van der Waals surface area contributed by atoms with Crippen molar-refractivity contribution < 1.29 is 13.2 Å². The highest BCUT2D eigenvalue weighted by atomic mass is 32.2. The Labute approximate surface area is 142 Å². The van der Waals surface area contributed by atoms with E-state index < -0.39 is 10.0 Å². The zero-order valence-corrected chi connectivity index (χ0v) is 15.1. The van der Waals surface area contributed by atoms with Gasteiger partial charge < -0.3 is 5.32 Å². The SMILES string of the molecule is Cc1ccc(S(=O)(=O)NCCNC(=O)c2c(C)nn(C)c2C)cc1. The van der Waals surface area contributed by atoms with Crippen LogP contribution >= 0.6 is 0 Å². The maximum absolute atomic E-state index is 12.2. The largest absolute Gasteiger partial charge is 0.351 e. The zero-order valence-electron chi connectivity index (χ0n) is 14.3. The lowest BCUT2D eigenvalue weighted by Gasteiger charge is -2.08. The van der Waals surface area contributed by atoms with Crippen LogP contribution in [0, 0.1) is 20.8 Å². The van der Waals surface area contributed by atoms with Crippen molar-refractivity contribution in [3.8, 4) is 0 Å². The smallest absolute Gasteiger partial charge is 0.255 e.